The number of thiazole rings is 1. The second kappa shape index (κ2) is 6.76. The first-order chi connectivity index (χ1) is 11.4. The van der Waals surface area contributed by atoms with Crippen LogP contribution < -0.4 is 10.9 Å². The number of aryl methyl sites for hydroxylation is 1. The van der Waals surface area contributed by atoms with Gasteiger partial charge in [-0.05, 0) is 24.3 Å². The van der Waals surface area contributed by atoms with Gasteiger partial charge >= 0.3 is 0 Å². The van der Waals surface area contributed by atoms with E-state index in [2.05, 4.69) is 10.3 Å². The van der Waals surface area contributed by atoms with E-state index in [0.29, 0.717) is 26.4 Å². The van der Waals surface area contributed by atoms with Crippen molar-refractivity contribution < 1.29 is 4.79 Å². The molecule has 0 radical (unpaired) electrons. The number of rotatable bonds is 3. The van der Waals surface area contributed by atoms with Crippen LogP contribution in [0.25, 0.3) is 11.3 Å². The summed E-state index contributed by atoms with van der Waals surface area (Å²) in [6.45, 7) is 0. The molecule has 0 spiro atoms. The lowest BCUT2D eigenvalue weighted by Gasteiger charge is -2.03. The van der Waals surface area contributed by atoms with E-state index in [9.17, 15) is 9.59 Å². The zero-order chi connectivity index (χ0) is 17.3. The number of benzene rings is 1. The smallest absolute Gasteiger partial charge is 0.257 e. The van der Waals surface area contributed by atoms with Gasteiger partial charge in [-0.1, -0.05) is 23.2 Å². The molecule has 3 rings (SSSR count). The van der Waals surface area contributed by atoms with Crippen molar-refractivity contribution >= 4 is 45.6 Å². The Morgan fingerprint density at radius 3 is 2.79 bits per heavy atom. The number of nitrogens with zero attached hydrogens (tertiary/aromatic N) is 2. The van der Waals surface area contributed by atoms with Crippen molar-refractivity contribution in [3.05, 3.63) is 67.9 Å². The number of pyridine rings is 1. The van der Waals surface area contributed by atoms with E-state index < -0.39 is 5.91 Å². The van der Waals surface area contributed by atoms with Crippen LogP contribution in [0, 0.1) is 0 Å². The number of carbonyl (C=O) groups excluding carboxylic acids is 1. The Hall–Kier alpha value is -2.15. The van der Waals surface area contributed by atoms with Crippen molar-refractivity contribution in [3.63, 3.8) is 0 Å². The zero-order valence-electron chi connectivity index (χ0n) is 12.4. The van der Waals surface area contributed by atoms with E-state index in [1.807, 2.05) is 0 Å². The summed E-state index contributed by atoms with van der Waals surface area (Å²) in [7, 11) is 1.62. The molecule has 0 fully saturated rings. The van der Waals surface area contributed by atoms with Crippen molar-refractivity contribution in [2.45, 2.75) is 0 Å². The van der Waals surface area contributed by atoms with Crippen LogP contribution >= 0.6 is 34.5 Å². The fourth-order valence-corrected chi connectivity index (χ4v) is 3.10. The summed E-state index contributed by atoms with van der Waals surface area (Å²) in [4.78, 5) is 28.2. The minimum Gasteiger partial charge on any atom is -0.319 e. The average Bonchev–Trinajstić information content (AvgIpc) is 3.00. The van der Waals surface area contributed by atoms with Crippen LogP contribution in [-0.2, 0) is 7.05 Å². The van der Waals surface area contributed by atoms with E-state index in [0.717, 1.165) is 0 Å². The number of aromatic nitrogens is 2. The highest BCUT2D eigenvalue weighted by molar-refractivity contribution is 7.14. The van der Waals surface area contributed by atoms with Gasteiger partial charge in [-0.15, -0.1) is 11.3 Å². The summed E-state index contributed by atoms with van der Waals surface area (Å²) in [5.41, 5.74) is 1.32. The number of anilines is 1. The molecule has 24 heavy (non-hydrogen) atoms. The molecule has 0 saturated carbocycles. The fraction of sp³-hybridized carbons (Fsp3) is 0.0625. The topological polar surface area (TPSA) is 64.0 Å². The van der Waals surface area contributed by atoms with Gasteiger partial charge in [0.15, 0.2) is 5.13 Å². The highest BCUT2D eigenvalue weighted by Crippen LogP contribution is 2.32. The van der Waals surface area contributed by atoms with E-state index in [4.69, 9.17) is 23.2 Å². The summed E-state index contributed by atoms with van der Waals surface area (Å²) in [5.74, 6) is -0.397. The third kappa shape index (κ3) is 3.51. The minimum absolute atomic E-state index is 0.256. The average molecular weight is 380 g/mol. The molecule has 1 aromatic carbocycles. The van der Waals surface area contributed by atoms with Gasteiger partial charge in [-0.3, -0.25) is 14.9 Å². The minimum atomic E-state index is -0.397. The molecule has 0 unspecified atom stereocenters. The Morgan fingerprint density at radius 2 is 2.04 bits per heavy atom. The van der Waals surface area contributed by atoms with Crippen molar-refractivity contribution in [2.24, 2.45) is 7.05 Å². The van der Waals surface area contributed by atoms with Crippen LogP contribution in [0.1, 0.15) is 10.4 Å². The van der Waals surface area contributed by atoms with E-state index in [-0.39, 0.29) is 11.1 Å². The molecule has 0 aliphatic carbocycles. The van der Waals surface area contributed by atoms with Crippen molar-refractivity contribution in [2.75, 3.05) is 5.32 Å². The molecular formula is C16H11Cl2N3O2S. The second-order valence-electron chi connectivity index (χ2n) is 4.98. The van der Waals surface area contributed by atoms with Gasteiger partial charge in [0, 0.05) is 40.8 Å². The molecule has 0 saturated heterocycles. The van der Waals surface area contributed by atoms with Crippen molar-refractivity contribution in [1.82, 2.24) is 9.55 Å². The van der Waals surface area contributed by atoms with Crippen LogP contribution in [0.15, 0.2) is 46.7 Å². The lowest BCUT2D eigenvalue weighted by Crippen LogP contribution is -2.19. The monoisotopic (exact) mass is 379 g/mol. The highest BCUT2D eigenvalue weighted by atomic mass is 35.5. The number of halogens is 2. The number of carbonyl (C=O) groups is 1. The van der Waals surface area contributed by atoms with Crippen molar-refractivity contribution in [3.8, 4) is 11.3 Å². The molecule has 3 aromatic rings. The summed E-state index contributed by atoms with van der Waals surface area (Å²) in [6, 6.07) is 7.94. The zero-order valence-corrected chi connectivity index (χ0v) is 14.7. The van der Waals surface area contributed by atoms with Crippen LogP contribution in [0.5, 0.6) is 0 Å². The molecule has 1 N–H and O–H groups in total. The number of hydrogen-bond acceptors (Lipinski definition) is 4. The predicted molar refractivity (Wildman–Crippen MR) is 97.2 cm³/mol. The second-order valence-corrected chi connectivity index (χ2v) is 6.68. The maximum Gasteiger partial charge on any atom is 0.257 e. The third-order valence-corrected chi connectivity index (χ3v) is 4.62. The van der Waals surface area contributed by atoms with Crippen molar-refractivity contribution in [1.29, 1.82) is 0 Å². The first-order valence-electron chi connectivity index (χ1n) is 6.83. The maximum atomic E-state index is 12.2. The van der Waals surface area contributed by atoms with Gasteiger partial charge in [0.1, 0.15) is 0 Å². The van der Waals surface area contributed by atoms with Gasteiger partial charge in [-0.2, -0.15) is 0 Å². The standard InChI is InChI=1S/C16H11Cl2N3O2S/c1-21-5-4-9(6-14(21)22)15(23)20-16-19-13(8-24-16)11-7-10(17)2-3-12(11)18/h2-8H,1H3,(H,19,20,23). The molecule has 0 aliphatic rings. The van der Waals surface area contributed by atoms with Gasteiger partial charge in [0.05, 0.1) is 10.7 Å². The summed E-state index contributed by atoms with van der Waals surface area (Å²) >= 11 is 13.4. The first-order valence-corrected chi connectivity index (χ1v) is 8.46. The summed E-state index contributed by atoms with van der Waals surface area (Å²) in [6.07, 6.45) is 1.54. The third-order valence-electron chi connectivity index (χ3n) is 3.30. The molecule has 122 valence electrons. The van der Waals surface area contributed by atoms with Gasteiger partial charge in [0.2, 0.25) is 0 Å². The molecule has 0 aliphatic heterocycles. The van der Waals surface area contributed by atoms with E-state index in [1.165, 1.54) is 28.2 Å². The highest BCUT2D eigenvalue weighted by Gasteiger charge is 2.12. The maximum absolute atomic E-state index is 12.2. The summed E-state index contributed by atoms with van der Waals surface area (Å²) < 4.78 is 1.39. The largest absolute Gasteiger partial charge is 0.319 e. The molecule has 2 aromatic heterocycles. The number of nitrogens with one attached hydrogen (secondary N) is 1. The quantitative estimate of drug-likeness (QED) is 0.745. The van der Waals surface area contributed by atoms with Gasteiger partial charge in [-0.25, -0.2) is 4.98 Å². The van der Waals surface area contributed by atoms with Gasteiger partial charge < -0.3 is 4.57 Å². The fourth-order valence-electron chi connectivity index (χ4n) is 2.01. The molecule has 2 heterocycles. The van der Waals surface area contributed by atoms with Gasteiger partial charge in [0.25, 0.3) is 11.5 Å². The summed E-state index contributed by atoms with van der Waals surface area (Å²) in [5, 5.41) is 5.93. The SMILES string of the molecule is Cn1ccc(C(=O)Nc2nc(-c3cc(Cl)ccc3Cl)cs2)cc1=O. The molecule has 1 amide bonds. The first kappa shape index (κ1) is 16.7. The van der Waals surface area contributed by atoms with Crippen LogP contribution in [0.4, 0.5) is 5.13 Å². The number of hydrogen-bond donors (Lipinski definition) is 1. The Bertz CT molecular complexity index is 981. The predicted octanol–water partition coefficient (Wildman–Crippen LogP) is 4.07. The number of amides is 1. The van der Waals surface area contributed by atoms with E-state index >= 15 is 0 Å². The molecule has 5 nitrogen and oxygen atoms in total. The normalized spacial score (nSPS) is 10.6. The Kier molecular flexibility index (Phi) is 4.71. The van der Waals surface area contributed by atoms with Crippen LogP contribution in [-0.4, -0.2) is 15.5 Å². The lowest BCUT2D eigenvalue weighted by atomic mass is 10.2. The van der Waals surface area contributed by atoms with Crippen LogP contribution in [0.3, 0.4) is 0 Å². The molecule has 0 bridgehead atoms. The van der Waals surface area contributed by atoms with E-state index in [1.54, 1.807) is 36.7 Å². The molecule has 0 atom stereocenters. The Morgan fingerprint density at radius 1 is 1.25 bits per heavy atom. The molecule has 8 heteroatoms. The van der Waals surface area contributed by atoms with Crippen LogP contribution in [0.2, 0.25) is 10.0 Å². The Labute approximate surface area is 151 Å². The lowest BCUT2D eigenvalue weighted by molar-refractivity contribution is 0.102. The molecular weight excluding hydrogens is 369 g/mol. The Balaban J connectivity index is 1.83.